The lowest BCUT2D eigenvalue weighted by atomic mass is 10.1. The van der Waals surface area contributed by atoms with Gasteiger partial charge in [0.1, 0.15) is 5.65 Å². The summed E-state index contributed by atoms with van der Waals surface area (Å²) in [6, 6.07) is 23.6. The minimum atomic E-state index is 0.0435. The zero-order valence-corrected chi connectivity index (χ0v) is 17.9. The molecule has 0 aliphatic carbocycles. The first-order valence-corrected chi connectivity index (χ1v) is 10.9. The zero-order valence-electron chi connectivity index (χ0n) is 17.1. The second kappa shape index (κ2) is 8.53. The molecule has 0 atom stereocenters. The SMILES string of the molecule is O=C(c1cccc(Cl)c1)N1CCN(Cc2c(-c3ccccc3)nc3ccccn23)CC1. The summed E-state index contributed by atoms with van der Waals surface area (Å²) in [7, 11) is 0. The number of hydrogen-bond donors (Lipinski definition) is 0. The maximum absolute atomic E-state index is 12.8. The fourth-order valence-electron chi connectivity index (χ4n) is 4.15. The van der Waals surface area contributed by atoms with E-state index in [1.807, 2.05) is 53.4 Å². The monoisotopic (exact) mass is 430 g/mol. The molecule has 0 bridgehead atoms. The first-order chi connectivity index (χ1) is 15.2. The number of halogens is 1. The maximum atomic E-state index is 12.8. The summed E-state index contributed by atoms with van der Waals surface area (Å²) < 4.78 is 2.17. The van der Waals surface area contributed by atoms with Crippen molar-refractivity contribution in [1.29, 1.82) is 0 Å². The number of fused-ring (bicyclic) bond motifs is 1. The largest absolute Gasteiger partial charge is 0.336 e. The molecular formula is C25H23ClN4O. The molecule has 31 heavy (non-hydrogen) atoms. The molecule has 0 spiro atoms. The Balaban J connectivity index is 1.34. The van der Waals surface area contributed by atoms with Crippen LogP contribution in [0.25, 0.3) is 16.9 Å². The fourth-order valence-corrected chi connectivity index (χ4v) is 4.34. The van der Waals surface area contributed by atoms with Crippen molar-refractivity contribution in [3.8, 4) is 11.3 Å². The highest BCUT2D eigenvalue weighted by Gasteiger charge is 2.24. The highest BCUT2D eigenvalue weighted by molar-refractivity contribution is 6.30. The van der Waals surface area contributed by atoms with Crippen molar-refractivity contribution in [2.24, 2.45) is 0 Å². The number of nitrogens with zero attached hydrogens (tertiary/aromatic N) is 4. The van der Waals surface area contributed by atoms with Crippen LogP contribution in [0, 0.1) is 0 Å². The van der Waals surface area contributed by atoms with Crippen molar-refractivity contribution >= 4 is 23.2 Å². The van der Waals surface area contributed by atoms with E-state index in [2.05, 4.69) is 27.6 Å². The number of imidazole rings is 1. The molecule has 0 radical (unpaired) electrons. The fraction of sp³-hybridized carbons (Fsp3) is 0.200. The van der Waals surface area contributed by atoms with Gasteiger partial charge < -0.3 is 9.30 Å². The van der Waals surface area contributed by atoms with Gasteiger partial charge in [-0.2, -0.15) is 0 Å². The molecule has 1 fully saturated rings. The number of aromatic nitrogens is 2. The van der Waals surface area contributed by atoms with E-state index in [9.17, 15) is 4.79 Å². The van der Waals surface area contributed by atoms with Crippen molar-refractivity contribution in [1.82, 2.24) is 19.2 Å². The standard InChI is InChI=1S/C25H23ClN4O/c26-21-10-6-9-20(17-21)25(31)29-15-13-28(14-16-29)18-22-24(19-7-2-1-3-8-19)27-23-11-4-5-12-30(22)23/h1-12,17H,13-16,18H2. The van der Waals surface area contributed by atoms with Crippen molar-refractivity contribution in [2.75, 3.05) is 26.2 Å². The topological polar surface area (TPSA) is 40.9 Å². The lowest BCUT2D eigenvalue weighted by Crippen LogP contribution is -2.48. The van der Waals surface area contributed by atoms with Gasteiger partial charge in [0.15, 0.2) is 0 Å². The summed E-state index contributed by atoms with van der Waals surface area (Å²) in [5, 5.41) is 0.588. The van der Waals surface area contributed by atoms with Crippen LogP contribution in [0.5, 0.6) is 0 Å². The Bertz CT molecular complexity index is 1210. The highest BCUT2D eigenvalue weighted by atomic mass is 35.5. The van der Waals surface area contributed by atoms with E-state index < -0.39 is 0 Å². The van der Waals surface area contributed by atoms with Crippen LogP contribution in [0.3, 0.4) is 0 Å². The summed E-state index contributed by atoms with van der Waals surface area (Å²) in [4.78, 5) is 22.0. The lowest BCUT2D eigenvalue weighted by Gasteiger charge is -2.34. The minimum Gasteiger partial charge on any atom is -0.336 e. The van der Waals surface area contributed by atoms with Crippen molar-refractivity contribution in [3.63, 3.8) is 0 Å². The predicted octanol–water partition coefficient (Wildman–Crippen LogP) is 4.61. The Labute approximate surface area is 186 Å². The van der Waals surface area contributed by atoms with E-state index in [4.69, 9.17) is 16.6 Å². The Morgan fingerprint density at radius 2 is 1.68 bits per heavy atom. The number of piperazine rings is 1. The number of benzene rings is 2. The Morgan fingerprint density at radius 1 is 0.903 bits per heavy atom. The number of amides is 1. The third-order valence-corrected chi connectivity index (χ3v) is 6.02. The van der Waals surface area contributed by atoms with Crippen LogP contribution in [-0.2, 0) is 6.54 Å². The van der Waals surface area contributed by atoms with E-state index in [0.717, 1.165) is 36.5 Å². The van der Waals surface area contributed by atoms with Gasteiger partial charge in [0.05, 0.1) is 11.4 Å². The van der Waals surface area contributed by atoms with Gasteiger partial charge in [0.25, 0.3) is 5.91 Å². The van der Waals surface area contributed by atoms with Crippen molar-refractivity contribution in [2.45, 2.75) is 6.54 Å². The van der Waals surface area contributed by atoms with Gasteiger partial charge in [-0.05, 0) is 30.3 Å². The molecule has 0 saturated carbocycles. The number of carbonyl (C=O) groups is 1. The quantitative estimate of drug-likeness (QED) is 0.474. The van der Waals surface area contributed by atoms with E-state index >= 15 is 0 Å². The molecular weight excluding hydrogens is 408 g/mol. The smallest absolute Gasteiger partial charge is 0.253 e. The predicted molar refractivity (Wildman–Crippen MR) is 123 cm³/mol. The van der Waals surface area contributed by atoms with Crippen LogP contribution in [0.4, 0.5) is 0 Å². The molecule has 1 amide bonds. The number of hydrogen-bond acceptors (Lipinski definition) is 3. The maximum Gasteiger partial charge on any atom is 0.253 e. The molecule has 5 nitrogen and oxygen atoms in total. The van der Waals surface area contributed by atoms with Crippen molar-refractivity contribution < 1.29 is 4.79 Å². The summed E-state index contributed by atoms with van der Waals surface area (Å²) >= 11 is 6.06. The first-order valence-electron chi connectivity index (χ1n) is 10.5. The molecule has 3 heterocycles. The lowest BCUT2D eigenvalue weighted by molar-refractivity contribution is 0.0627. The molecule has 1 saturated heterocycles. The van der Waals surface area contributed by atoms with Crippen LogP contribution >= 0.6 is 11.6 Å². The third-order valence-electron chi connectivity index (χ3n) is 5.78. The normalized spacial score (nSPS) is 14.8. The highest BCUT2D eigenvalue weighted by Crippen LogP contribution is 2.26. The summed E-state index contributed by atoms with van der Waals surface area (Å²) in [5.41, 5.74) is 4.91. The second-order valence-electron chi connectivity index (χ2n) is 7.78. The second-order valence-corrected chi connectivity index (χ2v) is 8.22. The molecule has 156 valence electrons. The Morgan fingerprint density at radius 3 is 2.45 bits per heavy atom. The van der Waals surface area contributed by atoms with Crippen molar-refractivity contribution in [3.05, 3.63) is 95.3 Å². The van der Waals surface area contributed by atoms with Gasteiger partial charge in [0.2, 0.25) is 0 Å². The van der Waals surface area contributed by atoms with E-state index in [-0.39, 0.29) is 5.91 Å². The van der Waals surface area contributed by atoms with Crippen LogP contribution < -0.4 is 0 Å². The molecule has 4 aromatic rings. The minimum absolute atomic E-state index is 0.0435. The van der Waals surface area contributed by atoms with E-state index in [1.165, 1.54) is 5.69 Å². The molecule has 2 aromatic carbocycles. The van der Waals surface area contributed by atoms with Gasteiger partial charge >= 0.3 is 0 Å². The Kier molecular flexibility index (Phi) is 5.45. The third kappa shape index (κ3) is 4.07. The van der Waals surface area contributed by atoms with Gasteiger partial charge in [-0.1, -0.05) is 54.1 Å². The van der Waals surface area contributed by atoms with Gasteiger partial charge in [-0.25, -0.2) is 4.98 Å². The van der Waals surface area contributed by atoms with Crippen LogP contribution in [-0.4, -0.2) is 51.3 Å². The van der Waals surface area contributed by atoms with E-state index in [0.29, 0.717) is 23.7 Å². The summed E-state index contributed by atoms with van der Waals surface area (Å²) in [6.45, 7) is 3.82. The van der Waals surface area contributed by atoms with Crippen LogP contribution in [0.2, 0.25) is 5.02 Å². The Hall–Kier alpha value is -3.15. The molecule has 5 rings (SSSR count). The molecule has 0 unspecified atom stereocenters. The average molecular weight is 431 g/mol. The van der Waals surface area contributed by atoms with Crippen LogP contribution in [0.15, 0.2) is 79.0 Å². The van der Waals surface area contributed by atoms with Gasteiger partial charge in [-0.3, -0.25) is 9.69 Å². The van der Waals surface area contributed by atoms with Crippen LogP contribution in [0.1, 0.15) is 16.1 Å². The molecule has 6 heteroatoms. The summed E-state index contributed by atoms with van der Waals surface area (Å²) in [6.07, 6.45) is 2.07. The average Bonchev–Trinajstić information content (AvgIpc) is 3.18. The molecule has 2 aromatic heterocycles. The number of rotatable bonds is 4. The molecule has 1 aliphatic heterocycles. The number of carbonyl (C=O) groups excluding carboxylic acids is 1. The van der Waals surface area contributed by atoms with Gasteiger partial charge in [-0.15, -0.1) is 0 Å². The van der Waals surface area contributed by atoms with E-state index in [1.54, 1.807) is 12.1 Å². The summed E-state index contributed by atoms with van der Waals surface area (Å²) in [5.74, 6) is 0.0435. The molecule has 0 N–H and O–H groups in total. The molecule has 1 aliphatic rings. The first kappa shape index (κ1) is 19.8. The number of pyridine rings is 1. The zero-order chi connectivity index (χ0) is 21.2. The van der Waals surface area contributed by atoms with Gasteiger partial charge in [0, 0.05) is 55.1 Å².